The molecule has 0 radical (unpaired) electrons. The van der Waals surface area contributed by atoms with E-state index in [1.54, 1.807) is 6.92 Å². The Morgan fingerprint density at radius 1 is 1.30 bits per heavy atom. The molecule has 0 aliphatic carbocycles. The first-order valence-corrected chi connectivity index (χ1v) is 3.96. The number of halogens is 1. The van der Waals surface area contributed by atoms with Gasteiger partial charge in [-0.2, -0.15) is 0 Å². The van der Waals surface area contributed by atoms with Crippen molar-refractivity contribution in [2.75, 3.05) is 13.1 Å². The third kappa shape index (κ3) is 3.83. The predicted octanol–water partition coefficient (Wildman–Crippen LogP) is 2.07. The molecule has 0 aromatic heterocycles. The van der Waals surface area contributed by atoms with E-state index in [4.69, 9.17) is 0 Å². The van der Waals surface area contributed by atoms with Crippen molar-refractivity contribution in [2.24, 2.45) is 0 Å². The Morgan fingerprint density at radius 2 is 1.80 bits per heavy atom. The van der Waals surface area contributed by atoms with E-state index in [0.717, 1.165) is 6.54 Å². The van der Waals surface area contributed by atoms with Gasteiger partial charge in [0.2, 0.25) is 0 Å². The van der Waals surface area contributed by atoms with Crippen LogP contribution in [0.2, 0.25) is 0 Å². The zero-order chi connectivity index (χ0) is 8.15. The summed E-state index contributed by atoms with van der Waals surface area (Å²) in [5.41, 5.74) is 0. The maximum atomic E-state index is 12.5. The SMILES string of the molecule is CCN(CC(C)F)C(C)C. The highest BCUT2D eigenvalue weighted by Gasteiger charge is 2.09. The monoisotopic (exact) mass is 147 g/mol. The number of nitrogens with zero attached hydrogens (tertiary/aromatic N) is 1. The van der Waals surface area contributed by atoms with Crippen molar-refractivity contribution in [2.45, 2.75) is 39.9 Å². The van der Waals surface area contributed by atoms with Crippen LogP contribution in [-0.4, -0.2) is 30.2 Å². The largest absolute Gasteiger partial charge is 0.298 e. The summed E-state index contributed by atoms with van der Waals surface area (Å²) in [5.74, 6) is 0. The van der Waals surface area contributed by atoms with Crippen LogP contribution in [0.4, 0.5) is 4.39 Å². The van der Waals surface area contributed by atoms with Crippen molar-refractivity contribution < 1.29 is 4.39 Å². The van der Waals surface area contributed by atoms with E-state index in [1.165, 1.54) is 0 Å². The van der Waals surface area contributed by atoms with Gasteiger partial charge in [0.05, 0.1) is 0 Å². The quantitative estimate of drug-likeness (QED) is 0.588. The van der Waals surface area contributed by atoms with Crippen LogP contribution in [0, 0.1) is 0 Å². The second-order valence-electron chi connectivity index (χ2n) is 2.96. The van der Waals surface area contributed by atoms with Gasteiger partial charge in [0, 0.05) is 12.6 Å². The summed E-state index contributed by atoms with van der Waals surface area (Å²) in [6.07, 6.45) is -0.706. The first kappa shape index (κ1) is 9.89. The molecule has 0 saturated heterocycles. The van der Waals surface area contributed by atoms with Gasteiger partial charge < -0.3 is 0 Å². The average Bonchev–Trinajstić information content (AvgIpc) is 1.81. The lowest BCUT2D eigenvalue weighted by Crippen LogP contribution is -2.35. The minimum absolute atomic E-state index is 0.461. The molecule has 0 rings (SSSR count). The molecule has 0 N–H and O–H groups in total. The molecule has 0 heterocycles. The molecule has 0 aromatic carbocycles. The van der Waals surface area contributed by atoms with Gasteiger partial charge in [0.25, 0.3) is 0 Å². The Kier molecular flexibility index (Phi) is 4.62. The van der Waals surface area contributed by atoms with Crippen molar-refractivity contribution in [3.8, 4) is 0 Å². The predicted molar refractivity (Wildman–Crippen MR) is 43.0 cm³/mol. The second kappa shape index (κ2) is 4.67. The molecular weight excluding hydrogens is 129 g/mol. The van der Waals surface area contributed by atoms with E-state index in [-0.39, 0.29) is 0 Å². The lowest BCUT2D eigenvalue weighted by molar-refractivity contribution is 0.175. The highest BCUT2D eigenvalue weighted by Crippen LogP contribution is 2.00. The summed E-state index contributed by atoms with van der Waals surface area (Å²) >= 11 is 0. The van der Waals surface area contributed by atoms with E-state index in [9.17, 15) is 4.39 Å². The van der Waals surface area contributed by atoms with Crippen molar-refractivity contribution in [3.05, 3.63) is 0 Å². The van der Waals surface area contributed by atoms with Crippen LogP contribution in [0.15, 0.2) is 0 Å². The van der Waals surface area contributed by atoms with Gasteiger partial charge in [-0.25, -0.2) is 4.39 Å². The molecule has 2 heteroatoms. The molecule has 1 unspecified atom stereocenters. The fourth-order valence-corrected chi connectivity index (χ4v) is 1.03. The van der Waals surface area contributed by atoms with Crippen LogP contribution in [0.25, 0.3) is 0 Å². The van der Waals surface area contributed by atoms with Crippen LogP contribution in [0.5, 0.6) is 0 Å². The third-order valence-corrected chi connectivity index (χ3v) is 1.62. The molecule has 0 amide bonds. The minimum atomic E-state index is -0.706. The smallest absolute Gasteiger partial charge is 0.110 e. The first-order chi connectivity index (χ1) is 4.57. The van der Waals surface area contributed by atoms with Crippen molar-refractivity contribution >= 4 is 0 Å². The molecule has 0 aliphatic heterocycles. The third-order valence-electron chi connectivity index (χ3n) is 1.62. The van der Waals surface area contributed by atoms with Crippen LogP contribution >= 0.6 is 0 Å². The summed E-state index contributed by atoms with van der Waals surface area (Å²) < 4.78 is 12.5. The first-order valence-electron chi connectivity index (χ1n) is 3.96. The molecule has 1 nitrogen and oxygen atoms in total. The van der Waals surface area contributed by atoms with Crippen LogP contribution < -0.4 is 0 Å². The van der Waals surface area contributed by atoms with E-state index in [0.29, 0.717) is 12.6 Å². The normalized spacial score (nSPS) is 14.7. The van der Waals surface area contributed by atoms with Gasteiger partial charge in [-0.3, -0.25) is 4.90 Å². The lowest BCUT2D eigenvalue weighted by Gasteiger charge is -2.24. The molecule has 0 fully saturated rings. The van der Waals surface area contributed by atoms with E-state index >= 15 is 0 Å². The number of alkyl halides is 1. The Balaban J connectivity index is 3.60. The topological polar surface area (TPSA) is 3.24 Å². The zero-order valence-corrected chi connectivity index (χ0v) is 7.39. The molecule has 0 spiro atoms. The molecule has 0 saturated carbocycles. The lowest BCUT2D eigenvalue weighted by atomic mass is 10.3. The van der Waals surface area contributed by atoms with Gasteiger partial charge in [-0.1, -0.05) is 6.92 Å². The van der Waals surface area contributed by atoms with Crippen molar-refractivity contribution in [1.82, 2.24) is 4.90 Å². The van der Waals surface area contributed by atoms with E-state index in [1.807, 2.05) is 0 Å². The summed E-state index contributed by atoms with van der Waals surface area (Å²) in [6.45, 7) is 9.34. The number of rotatable bonds is 4. The Hall–Kier alpha value is -0.110. The Morgan fingerprint density at radius 3 is 1.90 bits per heavy atom. The average molecular weight is 147 g/mol. The van der Waals surface area contributed by atoms with Crippen molar-refractivity contribution in [3.63, 3.8) is 0 Å². The van der Waals surface area contributed by atoms with Crippen LogP contribution in [0.1, 0.15) is 27.7 Å². The summed E-state index contributed by atoms with van der Waals surface area (Å²) in [6, 6.07) is 0.461. The molecule has 1 atom stereocenters. The van der Waals surface area contributed by atoms with Gasteiger partial charge in [-0.05, 0) is 27.3 Å². The van der Waals surface area contributed by atoms with Crippen LogP contribution in [-0.2, 0) is 0 Å². The van der Waals surface area contributed by atoms with Gasteiger partial charge in [0.1, 0.15) is 6.17 Å². The van der Waals surface area contributed by atoms with E-state index < -0.39 is 6.17 Å². The molecule has 62 valence electrons. The van der Waals surface area contributed by atoms with E-state index in [2.05, 4.69) is 25.7 Å². The fourth-order valence-electron chi connectivity index (χ4n) is 1.03. The molecule has 0 aliphatic rings. The standard InChI is InChI=1S/C8H18FN/c1-5-10(7(2)3)6-8(4)9/h7-8H,5-6H2,1-4H3. The molecule has 0 aromatic rings. The minimum Gasteiger partial charge on any atom is -0.298 e. The maximum absolute atomic E-state index is 12.5. The van der Waals surface area contributed by atoms with Gasteiger partial charge in [0.15, 0.2) is 0 Å². The molecule has 0 bridgehead atoms. The Bertz CT molecular complexity index is 81.3. The van der Waals surface area contributed by atoms with Gasteiger partial charge >= 0.3 is 0 Å². The Labute approximate surface area is 63.2 Å². The highest BCUT2D eigenvalue weighted by molar-refractivity contribution is 4.63. The second-order valence-corrected chi connectivity index (χ2v) is 2.96. The fraction of sp³-hybridized carbons (Fsp3) is 1.00. The van der Waals surface area contributed by atoms with Crippen LogP contribution in [0.3, 0.4) is 0 Å². The summed E-state index contributed by atoms with van der Waals surface area (Å²) in [4.78, 5) is 2.12. The van der Waals surface area contributed by atoms with Gasteiger partial charge in [-0.15, -0.1) is 0 Å². The molecular formula is C8H18FN. The summed E-state index contributed by atoms with van der Waals surface area (Å²) in [5, 5.41) is 0. The molecule has 10 heavy (non-hydrogen) atoms. The number of hydrogen-bond donors (Lipinski definition) is 0. The zero-order valence-electron chi connectivity index (χ0n) is 7.39. The summed E-state index contributed by atoms with van der Waals surface area (Å²) in [7, 11) is 0. The van der Waals surface area contributed by atoms with Crippen molar-refractivity contribution in [1.29, 1.82) is 0 Å². The maximum Gasteiger partial charge on any atom is 0.110 e. The highest BCUT2D eigenvalue weighted by atomic mass is 19.1. The number of hydrogen-bond acceptors (Lipinski definition) is 1.